The molecular formula is C45H59N11O6. The van der Waals surface area contributed by atoms with Gasteiger partial charge in [-0.15, -0.1) is 0 Å². The minimum absolute atomic E-state index is 0.0372. The summed E-state index contributed by atoms with van der Waals surface area (Å²) in [6.45, 7) is 2.63. The molecule has 17 nitrogen and oxygen atoms in total. The number of carbonyl (C=O) groups is 6. The minimum Gasteiger partial charge on any atom is -0.371 e. The summed E-state index contributed by atoms with van der Waals surface area (Å²) in [4.78, 5) is 91.2. The molecule has 12 N–H and O–H groups in total. The number of benzene rings is 3. The third kappa shape index (κ3) is 13.3. The first-order chi connectivity index (χ1) is 29.9. The molecule has 5 rings (SSSR count). The number of hydrogen-bond acceptors (Lipinski definition) is 8. The number of rotatable bonds is 22. The average Bonchev–Trinajstić information content (AvgIpc) is 3.68. The standard InChI is InChI=1S/C45H59N11O6/c1-2-3-20-39(58)55-45(21-24-56(25-22-45)32-15-8-5-9-16-32)43(62)54-36(26-30-13-6-4-7-14-30)42(61)52-35(19-12-23-49-44(47)48)41(60)53-37(40(59)51-29-38(46)57)27-31-28-50-34-18-11-10-17-33(31)34/h4-11,13-18,28,35-37,50H,2-3,12,19-27,29H2,1H3,(H2,46,57)(H,51,59)(H,52,61)(H,53,60)(H,54,62)(H,55,58)(H4,47,48,49). The van der Waals surface area contributed by atoms with Gasteiger partial charge in [0.2, 0.25) is 35.4 Å². The fourth-order valence-corrected chi connectivity index (χ4v) is 7.56. The molecular weight excluding hydrogens is 791 g/mol. The van der Waals surface area contributed by atoms with Crippen molar-refractivity contribution in [3.63, 3.8) is 0 Å². The zero-order valence-corrected chi connectivity index (χ0v) is 35.2. The van der Waals surface area contributed by atoms with Gasteiger partial charge < -0.3 is 53.7 Å². The third-order valence-electron chi connectivity index (χ3n) is 11.0. The van der Waals surface area contributed by atoms with Gasteiger partial charge in [-0.25, -0.2) is 0 Å². The molecule has 17 heteroatoms. The van der Waals surface area contributed by atoms with Gasteiger partial charge in [-0.3, -0.25) is 33.8 Å². The van der Waals surface area contributed by atoms with Gasteiger partial charge >= 0.3 is 0 Å². The van der Waals surface area contributed by atoms with E-state index in [2.05, 4.69) is 41.5 Å². The fraction of sp³-hybridized carbons (Fsp3) is 0.400. The van der Waals surface area contributed by atoms with Crippen molar-refractivity contribution in [1.29, 1.82) is 0 Å². The van der Waals surface area contributed by atoms with Crippen molar-refractivity contribution >= 4 is 58.0 Å². The highest BCUT2D eigenvalue weighted by molar-refractivity contribution is 5.98. The molecule has 0 spiro atoms. The average molecular weight is 850 g/mol. The maximum atomic E-state index is 14.6. The van der Waals surface area contributed by atoms with Crippen LogP contribution in [0.4, 0.5) is 5.69 Å². The zero-order chi connectivity index (χ0) is 44.5. The molecule has 1 saturated heterocycles. The number of carbonyl (C=O) groups excluding carboxylic acids is 6. The molecule has 330 valence electrons. The molecule has 0 bridgehead atoms. The van der Waals surface area contributed by atoms with E-state index in [4.69, 9.17) is 17.2 Å². The van der Waals surface area contributed by atoms with Crippen molar-refractivity contribution in [2.45, 2.75) is 88.4 Å². The fourth-order valence-electron chi connectivity index (χ4n) is 7.56. The van der Waals surface area contributed by atoms with Crippen LogP contribution in [0.3, 0.4) is 0 Å². The van der Waals surface area contributed by atoms with Crippen LogP contribution in [0.2, 0.25) is 0 Å². The van der Waals surface area contributed by atoms with Crippen LogP contribution in [0.1, 0.15) is 63.0 Å². The predicted molar refractivity (Wildman–Crippen MR) is 238 cm³/mol. The molecule has 0 aliphatic carbocycles. The number of nitrogens with zero attached hydrogens (tertiary/aromatic N) is 2. The number of aliphatic imine (C=N–C) groups is 1. The van der Waals surface area contributed by atoms with Crippen LogP contribution < -0.4 is 48.7 Å². The highest BCUT2D eigenvalue weighted by Crippen LogP contribution is 2.28. The number of amides is 6. The number of guanidine groups is 1. The first-order valence-corrected chi connectivity index (χ1v) is 21.1. The van der Waals surface area contributed by atoms with Crippen molar-refractivity contribution in [1.82, 2.24) is 31.6 Å². The summed E-state index contributed by atoms with van der Waals surface area (Å²) < 4.78 is 0. The van der Waals surface area contributed by atoms with E-state index >= 15 is 0 Å². The second-order valence-corrected chi connectivity index (χ2v) is 15.6. The van der Waals surface area contributed by atoms with E-state index in [-0.39, 0.29) is 63.4 Å². The number of aromatic nitrogens is 1. The number of primary amides is 1. The summed E-state index contributed by atoms with van der Waals surface area (Å²) in [5.41, 5.74) is 18.4. The second-order valence-electron chi connectivity index (χ2n) is 15.6. The summed E-state index contributed by atoms with van der Waals surface area (Å²) in [6, 6.07) is 22.8. The molecule has 0 saturated carbocycles. The number of piperidine rings is 1. The number of para-hydroxylation sites is 2. The van der Waals surface area contributed by atoms with Gasteiger partial charge in [0, 0.05) is 61.7 Å². The minimum atomic E-state index is -1.31. The van der Waals surface area contributed by atoms with Crippen LogP contribution in [0.15, 0.2) is 96.1 Å². The smallest absolute Gasteiger partial charge is 0.246 e. The summed E-state index contributed by atoms with van der Waals surface area (Å²) in [5.74, 6) is -3.69. The number of aromatic amines is 1. The Bertz CT molecular complexity index is 2170. The Labute approximate surface area is 361 Å². The van der Waals surface area contributed by atoms with E-state index in [1.807, 2.05) is 91.9 Å². The molecule has 62 heavy (non-hydrogen) atoms. The molecule has 1 fully saturated rings. The monoisotopic (exact) mass is 849 g/mol. The first-order valence-electron chi connectivity index (χ1n) is 21.1. The number of anilines is 1. The normalized spacial score (nSPS) is 14.7. The van der Waals surface area contributed by atoms with Gasteiger partial charge in [-0.05, 0) is 61.4 Å². The van der Waals surface area contributed by atoms with Gasteiger partial charge in [0.25, 0.3) is 0 Å². The number of nitrogens with one attached hydrogen (secondary N) is 6. The molecule has 1 aliphatic heterocycles. The van der Waals surface area contributed by atoms with E-state index < -0.39 is 59.7 Å². The van der Waals surface area contributed by atoms with Crippen LogP contribution in [-0.4, -0.2) is 96.2 Å². The second kappa shape index (κ2) is 22.6. The molecule has 2 heterocycles. The number of fused-ring (bicyclic) bond motifs is 1. The van der Waals surface area contributed by atoms with Crippen molar-refractivity contribution in [2.24, 2.45) is 22.2 Å². The molecule has 3 atom stereocenters. The lowest BCUT2D eigenvalue weighted by atomic mass is 9.85. The maximum Gasteiger partial charge on any atom is 0.246 e. The lowest BCUT2D eigenvalue weighted by Crippen LogP contribution is -2.66. The van der Waals surface area contributed by atoms with Gasteiger partial charge in [-0.2, -0.15) is 0 Å². The third-order valence-corrected chi connectivity index (χ3v) is 11.0. The Morgan fingerprint density at radius 1 is 0.758 bits per heavy atom. The van der Waals surface area contributed by atoms with Gasteiger partial charge in [0.15, 0.2) is 5.96 Å². The number of H-pyrrole nitrogens is 1. The van der Waals surface area contributed by atoms with Crippen LogP contribution >= 0.6 is 0 Å². The molecule has 3 unspecified atom stereocenters. The molecule has 4 aromatic rings. The van der Waals surface area contributed by atoms with Gasteiger partial charge in [-0.1, -0.05) is 80.1 Å². The Morgan fingerprint density at radius 2 is 1.39 bits per heavy atom. The molecule has 1 aliphatic rings. The topological polar surface area (TPSA) is 272 Å². The van der Waals surface area contributed by atoms with Crippen molar-refractivity contribution in [3.05, 3.63) is 102 Å². The number of unbranched alkanes of at least 4 members (excludes halogenated alkanes) is 1. The van der Waals surface area contributed by atoms with Crippen LogP contribution in [0.25, 0.3) is 10.9 Å². The maximum absolute atomic E-state index is 14.6. The van der Waals surface area contributed by atoms with E-state index in [0.29, 0.717) is 19.5 Å². The SMILES string of the molecule is CCCCC(=O)NC1(C(=O)NC(Cc2ccccc2)C(=O)NC(CCCN=C(N)N)C(=O)NC(Cc2c[nH]c3ccccc23)C(=O)NCC(N)=O)CCN(c2ccccc2)CC1. The zero-order valence-electron chi connectivity index (χ0n) is 35.2. The van der Waals surface area contributed by atoms with E-state index in [9.17, 15) is 28.8 Å². The summed E-state index contributed by atoms with van der Waals surface area (Å²) in [7, 11) is 0. The van der Waals surface area contributed by atoms with E-state index in [1.165, 1.54) is 0 Å². The Hall–Kier alpha value is -6.91. The number of nitrogens with two attached hydrogens (primary N) is 3. The predicted octanol–water partition coefficient (Wildman–Crippen LogP) is 1.41. The van der Waals surface area contributed by atoms with Crippen LogP contribution in [-0.2, 0) is 41.6 Å². The number of hydrogen-bond donors (Lipinski definition) is 9. The lowest BCUT2D eigenvalue weighted by Gasteiger charge is -2.42. The summed E-state index contributed by atoms with van der Waals surface area (Å²) >= 11 is 0. The van der Waals surface area contributed by atoms with E-state index in [0.717, 1.165) is 34.1 Å². The Kier molecular flexibility index (Phi) is 16.8. The van der Waals surface area contributed by atoms with Crippen molar-refractivity contribution in [3.8, 4) is 0 Å². The quantitative estimate of drug-likeness (QED) is 0.0314. The van der Waals surface area contributed by atoms with E-state index in [1.54, 1.807) is 6.20 Å². The van der Waals surface area contributed by atoms with Crippen LogP contribution in [0.5, 0.6) is 0 Å². The molecule has 0 radical (unpaired) electrons. The molecule has 3 aromatic carbocycles. The highest BCUT2D eigenvalue weighted by Gasteiger charge is 2.44. The largest absolute Gasteiger partial charge is 0.371 e. The summed E-state index contributed by atoms with van der Waals surface area (Å²) in [6.07, 6.45) is 4.43. The Balaban J connectivity index is 1.41. The van der Waals surface area contributed by atoms with Gasteiger partial charge in [0.1, 0.15) is 23.7 Å². The van der Waals surface area contributed by atoms with Crippen molar-refractivity contribution in [2.75, 3.05) is 31.1 Å². The Morgan fingerprint density at radius 3 is 2.06 bits per heavy atom. The molecule has 1 aromatic heterocycles. The first kappa shape index (κ1) is 46.2. The molecule has 6 amide bonds. The summed E-state index contributed by atoms with van der Waals surface area (Å²) in [5, 5.41) is 15.0. The highest BCUT2D eigenvalue weighted by atomic mass is 16.2. The lowest BCUT2D eigenvalue weighted by molar-refractivity contribution is -0.138. The van der Waals surface area contributed by atoms with Crippen molar-refractivity contribution < 1.29 is 28.8 Å². The van der Waals surface area contributed by atoms with Crippen LogP contribution in [0, 0.1) is 0 Å². The van der Waals surface area contributed by atoms with Gasteiger partial charge in [0.05, 0.1) is 6.54 Å².